The molecule has 2 aromatic rings. The third kappa shape index (κ3) is 2.25. The molecule has 4 rings (SSSR count). The quantitative estimate of drug-likeness (QED) is 0.845. The molecule has 2 heterocycles. The van der Waals surface area contributed by atoms with Crippen LogP contribution in [-0.2, 0) is 12.8 Å². The van der Waals surface area contributed by atoms with Crippen LogP contribution in [0, 0.1) is 0 Å². The molecule has 22 heavy (non-hydrogen) atoms. The molecule has 0 amide bonds. The van der Waals surface area contributed by atoms with Gasteiger partial charge < -0.3 is 9.32 Å². The van der Waals surface area contributed by atoms with Crippen LogP contribution >= 0.6 is 0 Å². The van der Waals surface area contributed by atoms with E-state index in [-0.39, 0.29) is 5.63 Å². The third-order valence-electron chi connectivity index (χ3n) is 4.84. The molecule has 0 spiro atoms. The van der Waals surface area contributed by atoms with Gasteiger partial charge in [-0.15, -0.1) is 0 Å². The summed E-state index contributed by atoms with van der Waals surface area (Å²) < 4.78 is 5.70. The van der Waals surface area contributed by atoms with E-state index < -0.39 is 0 Å². The van der Waals surface area contributed by atoms with Gasteiger partial charge in [-0.25, -0.2) is 4.79 Å². The molecule has 1 fully saturated rings. The molecule has 1 aliphatic heterocycles. The van der Waals surface area contributed by atoms with Crippen molar-refractivity contribution < 1.29 is 4.42 Å². The minimum absolute atomic E-state index is 0.172. The topological polar surface area (TPSA) is 33.5 Å². The summed E-state index contributed by atoms with van der Waals surface area (Å²) in [4.78, 5) is 15.1. The molecule has 114 valence electrons. The lowest BCUT2D eigenvalue weighted by Gasteiger charge is -2.27. The molecule has 0 bridgehead atoms. The first-order chi connectivity index (χ1) is 10.8. The lowest BCUT2D eigenvalue weighted by atomic mass is 9.92. The monoisotopic (exact) mass is 295 g/mol. The number of nitrogens with zero attached hydrogens (tertiary/aromatic N) is 1. The summed E-state index contributed by atoms with van der Waals surface area (Å²) in [5, 5.41) is 0. The van der Waals surface area contributed by atoms with Gasteiger partial charge in [0.1, 0.15) is 5.76 Å². The largest absolute Gasteiger partial charge is 0.427 e. The molecule has 1 saturated heterocycles. The molecular formula is C19H21NO2. The standard InChI is InChI=1S/C19H21NO2/c21-19-17(14-8-2-1-3-9-14)18(20-12-6-7-13-20)15-10-4-5-11-16(15)22-19/h1-3,8-9H,4-7,10-13H2. The van der Waals surface area contributed by atoms with Gasteiger partial charge in [-0.05, 0) is 37.7 Å². The van der Waals surface area contributed by atoms with E-state index in [9.17, 15) is 4.79 Å². The molecule has 0 unspecified atom stereocenters. The van der Waals surface area contributed by atoms with Crippen LogP contribution in [0.15, 0.2) is 39.5 Å². The first kappa shape index (κ1) is 13.6. The van der Waals surface area contributed by atoms with Gasteiger partial charge in [-0.2, -0.15) is 0 Å². The first-order valence-corrected chi connectivity index (χ1v) is 8.34. The molecule has 3 nitrogen and oxygen atoms in total. The second kappa shape index (κ2) is 5.64. The third-order valence-corrected chi connectivity index (χ3v) is 4.84. The van der Waals surface area contributed by atoms with Gasteiger partial charge in [0.25, 0.3) is 0 Å². The van der Waals surface area contributed by atoms with Crippen LogP contribution in [-0.4, -0.2) is 13.1 Å². The van der Waals surface area contributed by atoms with Crippen molar-refractivity contribution in [2.75, 3.05) is 18.0 Å². The molecule has 1 aromatic heterocycles. The molecule has 0 N–H and O–H groups in total. The van der Waals surface area contributed by atoms with Crippen molar-refractivity contribution in [2.45, 2.75) is 38.5 Å². The Hall–Kier alpha value is -2.03. The molecular weight excluding hydrogens is 274 g/mol. The molecule has 1 aliphatic carbocycles. The summed E-state index contributed by atoms with van der Waals surface area (Å²) in [6, 6.07) is 9.99. The summed E-state index contributed by atoms with van der Waals surface area (Å²) in [7, 11) is 0. The van der Waals surface area contributed by atoms with E-state index >= 15 is 0 Å². The average molecular weight is 295 g/mol. The van der Waals surface area contributed by atoms with Gasteiger partial charge in [0.05, 0.1) is 11.3 Å². The smallest absolute Gasteiger partial charge is 0.345 e. The molecule has 2 aliphatic rings. The van der Waals surface area contributed by atoms with E-state index in [1.807, 2.05) is 30.3 Å². The van der Waals surface area contributed by atoms with E-state index in [1.54, 1.807) is 0 Å². The summed E-state index contributed by atoms with van der Waals surface area (Å²) >= 11 is 0. The normalized spacial score (nSPS) is 17.5. The van der Waals surface area contributed by atoms with E-state index in [2.05, 4.69) is 4.90 Å². The fraction of sp³-hybridized carbons (Fsp3) is 0.421. The molecule has 1 aromatic carbocycles. The van der Waals surface area contributed by atoms with E-state index in [0.717, 1.165) is 54.9 Å². The Morgan fingerprint density at radius 1 is 0.909 bits per heavy atom. The highest BCUT2D eigenvalue weighted by Gasteiger charge is 2.27. The van der Waals surface area contributed by atoms with Gasteiger partial charge in [0, 0.05) is 25.1 Å². The highest BCUT2D eigenvalue weighted by atomic mass is 16.4. The highest BCUT2D eigenvalue weighted by molar-refractivity contribution is 5.80. The van der Waals surface area contributed by atoms with Crippen LogP contribution in [0.3, 0.4) is 0 Å². The fourth-order valence-electron chi connectivity index (χ4n) is 3.80. The second-order valence-corrected chi connectivity index (χ2v) is 6.28. The second-order valence-electron chi connectivity index (χ2n) is 6.28. The highest BCUT2D eigenvalue weighted by Crippen LogP contribution is 2.38. The van der Waals surface area contributed by atoms with Crippen molar-refractivity contribution in [2.24, 2.45) is 0 Å². The lowest BCUT2D eigenvalue weighted by molar-refractivity contribution is 0.430. The van der Waals surface area contributed by atoms with Crippen LogP contribution in [0.5, 0.6) is 0 Å². The van der Waals surface area contributed by atoms with Gasteiger partial charge in [0.2, 0.25) is 0 Å². The van der Waals surface area contributed by atoms with E-state index in [0.29, 0.717) is 0 Å². The minimum Gasteiger partial charge on any atom is -0.427 e. The number of hydrogen-bond donors (Lipinski definition) is 0. The predicted molar refractivity (Wildman–Crippen MR) is 88.5 cm³/mol. The molecule has 3 heteroatoms. The lowest BCUT2D eigenvalue weighted by Crippen LogP contribution is -2.25. The first-order valence-electron chi connectivity index (χ1n) is 8.34. The maximum atomic E-state index is 12.7. The van der Waals surface area contributed by atoms with Gasteiger partial charge in [-0.3, -0.25) is 0 Å². The Morgan fingerprint density at radius 3 is 2.41 bits per heavy atom. The average Bonchev–Trinajstić information content (AvgIpc) is 3.08. The Morgan fingerprint density at radius 2 is 1.64 bits per heavy atom. The number of anilines is 1. The predicted octanol–water partition coefficient (Wildman–Crippen LogP) is 3.79. The van der Waals surface area contributed by atoms with Crippen LogP contribution < -0.4 is 10.5 Å². The molecule has 0 saturated carbocycles. The maximum Gasteiger partial charge on any atom is 0.345 e. The fourth-order valence-corrected chi connectivity index (χ4v) is 3.80. The Labute approximate surface area is 130 Å². The van der Waals surface area contributed by atoms with Crippen molar-refractivity contribution >= 4 is 5.69 Å². The molecule has 0 atom stereocenters. The zero-order chi connectivity index (χ0) is 14.9. The Kier molecular flexibility index (Phi) is 3.49. The van der Waals surface area contributed by atoms with E-state index in [1.165, 1.54) is 24.8 Å². The number of aryl methyl sites for hydroxylation is 1. The SMILES string of the molecule is O=c1oc2c(c(N3CCCC3)c1-c1ccccc1)CCCC2. The number of fused-ring (bicyclic) bond motifs is 1. The van der Waals surface area contributed by atoms with Crippen molar-refractivity contribution in [3.63, 3.8) is 0 Å². The van der Waals surface area contributed by atoms with Crippen LogP contribution in [0.2, 0.25) is 0 Å². The van der Waals surface area contributed by atoms with Crippen molar-refractivity contribution in [3.8, 4) is 11.1 Å². The van der Waals surface area contributed by atoms with Crippen LogP contribution in [0.4, 0.5) is 5.69 Å². The summed E-state index contributed by atoms with van der Waals surface area (Å²) in [6.45, 7) is 2.10. The van der Waals surface area contributed by atoms with Gasteiger partial charge >= 0.3 is 5.63 Å². The Balaban J connectivity index is 1.98. The van der Waals surface area contributed by atoms with Gasteiger partial charge in [0.15, 0.2) is 0 Å². The minimum atomic E-state index is -0.172. The summed E-state index contributed by atoms with van der Waals surface area (Å²) in [5.74, 6) is 0.929. The van der Waals surface area contributed by atoms with Crippen LogP contribution in [0.1, 0.15) is 37.0 Å². The zero-order valence-electron chi connectivity index (χ0n) is 12.8. The van der Waals surface area contributed by atoms with Gasteiger partial charge in [-0.1, -0.05) is 30.3 Å². The summed E-state index contributed by atoms with van der Waals surface area (Å²) in [6.07, 6.45) is 6.67. The van der Waals surface area contributed by atoms with Crippen molar-refractivity contribution in [1.29, 1.82) is 0 Å². The van der Waals surface area contributed by atoms with Crippen molar-refractivity contribution in [1.82, 2.24) is 0 Å². The van der Waals surface area contributed by atoms with Crippen LogP contribution in [0.25, 0.3) is 11.1 Å². The molecule has 0 radical (unpaired) electrons. The number of hydrogen-bond acceptors (Lipinski definition) is 3. The number of benzene rings is 1. The van der Waals surface area contributed by atoms with Crippen molar-refractivity contribution in [3.05, 3.63) is 52.1 Å². The van der Waals surface area contributed by atoms with E-state index in [4.69, 9.17) is 4.42 Å². The zero-order valence-corrected chi connectivity index (χ0v) is 12.8. The number of rotatable bonds is 2. The Bertz CT molecular complexity index is 727. The summed E-state index contributed by atoms with van der Waals surface area (Å²) in [5.41, 5.74) is 4.02. The maximum absolute atomic E-state index is 12.7.